The van der Waals surface area contributed by atoms with Gasteiger partial charge in [-0.05, 0) is 36.5 Å². The number of phenols is 1. The van der Waals surface area contributed by atoms with Gasteiger partial charge in [-0.2, -0.15) is 0 Å². The predicted octanol–water partition coefficient (Wildman–Crippen LogP) is 1.81. The average molecular weight is 467 g/mol. The molecule has 2 aliphatic carbocycles. The van der Waals surface area contributed by atoms with Gasteiger partial charge in [-0.3, -0.25) is 29.4 Å². The van der Waals surface area contributed by atoms with Crippen LogP contribution in [0.1, 0.15) is 24.3 Å². The molecule has 31 heavy (non-hydrogen) atoms. The molecule has 0 spiro atoms. The Morgan fingerprint density at radius 3 is 2.52 bits per heavy atom. The van der Waals surface area contributed by atoms with Gasteiger partial charge in [0.25, 0.3) is 11.8 Å². The van der Waals surface area contributed by atoms with Crippen LogP contribution in [0.15, 0.2) is 29.8 Å². The van der Waals surface area contributed by atoms with E-state index in [1.807, 2.05) is 0 Å². The van der Waals surface area contributed by atoms with E-state index < -0.39 is 68.6 Å². The van der Waals surface area contributed by atoms with Gasteiger partial charge < -0.3 is 5.11 Å². The summed E-state index contributed by atoms with van der Waals surface area (Å²) < 4.78 is 14.3. The molecule has 6 atom stereocenters. The number of imide groups is 2. The third-order valence-electron chi connectivity index (χ3n) is 7.16. The first-order chi connectivity index (χ1) is 14.5. The maximum Gasteiger partial charge on any atom is 0.253 e. The maximum absolute atomic E-state index is 14.3. The van der Waals surface area contributed by atoms with Crippen molar-refractivity contribution in [2.24, 2.45) is 17.8 Å². The zero-order valence-corrected chi connectivity index (χ0v) is 17.7. The van der Waals surface area contributed by atoms with Crippen LogP contribution >= 0.6 is 23.2 Å². The van der Waals surface area contributed by atoms with Crippen LogP contribution in [-0.2, 0) is 19.2 Å². The molecule has 10 heteroatoms. The summed E-state index contributed by atoms with van der Waals surface area (Å²) in [6.07, 6.45) is 1.87. The maximum atomic E-state index is 14.3. The SMILES string of the molecule is CN1C(=O)[C@]2(Cl)C[C@@H]3C(=CC[C@@H]4C(=O)NC(=O)[C@@H]43)[C@H](c3ccc(O)c(F)c3)[C@]2(Cl)C1=O. The van der Waals surface area contributed by atoms with E-state index in [1.54, 1.807) is 6.08 Å². The van der Waals surface area contributed by atoms with E-state index in [1.165, 1.54) is 13.1 Å². The van der Waals surface area contributed by atoms with Crippen LogP contribution in [-0.4, -0.2) is 50.4 Å². The minimum absolute atomic E-state index is 0.113. The molecule has 4 aliphatic rings. The zero-order chi connectivity index (χ0) is 22.5. The topological polar surface area (TPSA) is 104 Å². The van der Waals surface area contributed by atoms with Gasteiger partial charge in [0.15, 0.2) is 21.3 Å². The summed E-state index contributed by atoms with van der Waals surface area (Å²) in [5, 5.41) is 12.0. The molecule has 1 saturated carbocycles. The van der Waals surface area contributed by atoms with E-state index in [9.17, 15) is 28.7 Å². The molecule has 5 rings (SSSR count). The quantitative estimate of drug-likeness (QED) is 0.373. The van der Waals surface area contributed by atoms with Crippen LogP contribution < -0.4 is 5.32 Å². The van der Waals surface area contributed by atoms with E-state index in [2.05, 4.69) is 5.32 Å². The van der Waals surface area contributed by atoms with E-state index in [0.717, 1.165) is 17.0 Å². The number of halogens is 3. The standard InChI is InChI=1S/C21H17Cl2FN2O5/c1-26-18(30)20(22)7-11-9(3-4-10-14(11)17(29)25-16(10)28)15(21(20,23)19(26)31)8-2-5-13(27)12(24)6-8/h2-3,5-6,10-11,14-15,27H,4,7H2,1H3,(H,25,28,29)/t10-,11+,14-,15-,20+,21-/m0/s1. The molecule has 2 N–H and O–H groups in total. The lowest BCUT2D eigenvalue weighted by molar-refractivity contribution is -0.138. The number of nitrogens with zero attached hydrogens (tertiary/aromatic N) is 1. The summed E-state index contributed by atoms with van der Waals surface area (Å²) in [5.41, 5.74) is 0.810. The summed E-state index contributed by atoms with van der Waals surface area (Å²) in [6, 6.07) is 3.59. The molecule has 2 aliphatic heterocycles. The Morgan fingerprint density at radius 2 is 1.84 bits per heavy atom. The fraction of sp³-hybridized carbons (Fsp3) is 0.429. The number of benzene rings is 1. The molecule has 0 aromatic heterocycles. The lowest BCUT2D eigenvalue weighted by Crippen LogP contribution is -2.60. The molecular weight excluding hydrogens is 450 g/mol. The molecule has 3 fully saturated rings. The summed E-state index contributed by atoms with van der Waals surface area (Å²) in [4.78, 5) is 48.1. The Balaban J connectivity index is 1.76. The Hall–Kier alpha value is -2.45. The number of rotatable bonds is 1. The Kier molecular flexibility index (Phi) is 4.15. The van der Waals surface area contributed by atoms with Gasteiger partial charge >= 0.3 is 0 Å². The van der Waals surface area contributed by atoms with Crippen molar-refractivity contribution in [3.8, 4) is 5.75 Å². The van der Waals surface area contributed by atoms with Crippen LogP contribution in [0.2, 0.25) is 0 Å². The third kappa shape index (κ3) is 2.35. The molecule has 7 nitrogen and oxygen atoms in total. The molecule has 0 radical (unpaired) electrons. The first kappa shape index (κ1) is 20.5. The number of allylic oxidation sites excluding steroid dienone is 2. The third-order valence-corrected chi connectivity index (χ3v) is 8.58. The van der Waals surface area contributed by atoms with Gasteiger partial charge in [0.05, 0.1) is 11.8 Å². The first-order valence-electron chi connectivity index (χ1n) is 9.76. The highest BCUT2D eigenvalue weighted by molar-refractivity contribution is 6.53. The Morgan fingerprint density at radius 1 is 1.13 bits per heavy atom. The number of alkyl halides is 2. The van der Waals surface area contributed by atoms with Crippen LogP contribution in [0.25, 0.3) is 0 Å². The van der Waals surface area contributed by atoms with Crippen LogP contribution in [0.3, 0.4) is 0 Å². The number of fused-ring (bicyclic) bond motifs is 4. The largest absolute Gasteiger partial charge is 0.505 e. The van der Waals surface area contributed by atoms with Gasteiger partial charge in [-0.25, -0.2) is 4.39 Å². The minimum atomic E-state index is -1.96. The molecule has 0 unspecified atom stereocenters. The second-order valence-corrected chi connectivity index (χ2v) is 9.80. The van der Waals surface area contributed by atoms with E-state index in [0.29, 0.717) is 5.57 Å². The highest BCUT2D eigenvalue weighted by Crippen LogP contribution is 2.64. The number of carbonyl (C=O) groups is 4. The number of phenolic OH excluding ortho intramolecular Hbond substituents is 1. The smallest absolute Gasteiger partial charge is 0.253 e. The summed E-state index contributed by atoms with van der Waals surface area (Å²) in [5.74, 6) is -6.83. The molecule has 4 amide bonds. The highest BCUT2D eigenvalue weighted by atomic mass is 35.5. The van der Waals surface area contributed by atoms with Gasteiger partial charge in [0.2, 0.25) is 11.8 Å². The summed E-state index contributed by atoms with van der Waals surface area (Å²) >= 11 is 13.8. The number of nitrogens with one attached hydrogen (secondary N) is 1. The minimum Gasteiger partial charge on any atom is -0.505 e. The van der Waals surface area contributed by atoms with Gasteiger partial charge in [0, 0.05) is 13.0 Å². The number of aromatic hydroxyl groups is 1. The molecule has 1 aromatic carbocycles. The van der Waals surface area contributed by atoms with Crippen molar-refractivity contribution in [1.82, 2.24) is 10.2 Å². The zero-order valence-electron chi connectivity index (χ0n) is 16.2. The van der Waals surface area contributed by atoms with Crippen molar-refractivity contribution in [2.45, 2.75) is 28.5 Å². The molecule has 2 saturated heterocycles. The van der Waals surface area contributed by atoms with E-state index in [-0.39, 0.29) is 18.4 Å². The van der Waals surface area contributed by atoms with Crippen molar-refractivity contribution in [2.75, 3.05) is 7.05 Å². The lowest BCUT2D eigenvalue weighted by atomic mass is 9.56. The summed E-state index contributed by atoms with van der Waals surface area (Å²) in [7, 11) is 1.28. The molecular formula is C21H17Cl2FN2O5. The molecule has 162 valence electrons. The number of likely N-dealkylation sites (tertiary alicyclic amines) is 1. The van der Waals surface area contributed by atoms with Crippen LogP contribution in [0.4, 0.5) is 4.39 Å². The fourth-order valence-corrected chi connectivity index (χ4v) is 6.75. The van der Waals surface area contributed by atoms with Gasteiger partial charge in [-0.15, -0.1) is 23.2 Å². The van der Waals surface area contributed by atoms with Crippen molar-refractivity contribution >= 4 is 46.8 Å². The average Bonchev–Trinajstić information content (AvgIpc) is 3.08. The molecule has 0 bridgehead atoms. The van der Waals surface area contributed by atoms with Gasteiger partial charge in [-0.1, -0.05) is 17.7 Å². The van der Waals surface area contributed by atoms with E-state index in [4.69, 9.17) is 23.2 Å². The van der Waals surface area contributed by atoms with Crippen molar-refractivity contribution in [3.05, 3.63) is 41.2 Å². The Bertz CT molecular complexity index is 1120. The molecule has 1 aromatic rings. The van der Waals surface area contributed by atoms with Gasteiger partial charge in [0.1, 0.15) is 0 Å². The summed E-state index contributed by atoms with van der Waals surface area (Å²) in [6.45, 7) is 0. The lowest BCUT2D eigenvalue weighted by Gasteiger charge is -2.50. The fourth-order valence-electron chi connectivity index (χ4n) is 5.73. The highest BCUT2D eigenvalue weighted by Gasteiger charge is 2.75. The number of amides is 4. The van der Waals surface area contributed by atoms with Crippen LogP contribution in [0.5, 0.6) is 5.75 Å². The van der Waals surface area contributed by atoms with Crippen molar-refractivity contribution in [3.63, 3.8) is 0 Å². The van der Waals surface area contributed by atoms with E-state index >= 15 is 0 Å². The van der Waals surface area contributed by atoms with Crippen molar-refractivity contribution < 1.29 is 28.7 Å². The van der Waals surface area contributed by atoms with Crippen molar-refractivity contribution in [1.29, 1.82) is 0 Å². The number of hydrogen-bond acceptors (Lipinski definition) is 5. The first-order valence-corrected chi connectivity index (χ1v) is 10.5. The number of carbonyl (C=O) groups excluding carboxylic acids is 4. The monoisotopic (exact) mass is 466 g/mol. The second kappa shape index (κ2) is 6.29. The second-order valence-electron chi connectivity index (χ2n) is 8.56. The predicted molar refractivity (Wildman–Crippen MR) is 107 cm³/mol. The van der Waals surface area contributed by atoms with Crippen LogP contribution in [0, 0.1) is 23.6 Å². The molecule has 2 heterocycles. The number of hydrogen-bond donors (Lipinski definition) is 2. The Labute approximate surface area is 186 Å². The normalized spacial score (nSPS) is 39.1.